The molecule has 2 aromatic rings. The van der Waals surface area contributed by atoms with E-state index in [-0.39, 0.29) is 16.9 Å². The molecule has 0 fully saturated rings. The Hall–Kier alpha value is -1.68. The van der Waals surface area contributed by atoms with Crippen LogP contribution in [0, 0.1) is 0 Å². The highest BCUT2D eigenvalue weighted by Crippen LogP contribution is 2.31. The zero-order valence-electron chi connectivity index (χ0n) is 10.5. The lowest BCUT2D eigenvalue weighted by Gasteiger charge is -2.19. The number of hydrogen-bond donors (Lipinski definition) is 5. The van der Waals surface area contributed by atoms with E-state index >= 15 is 0 Å². The van der Waals surface area contributed by atoms with Crippen LogP contribution in [0.3, 0.4) is 0 Å². The maximum absolute atomic E-state index is 12.6. The van der Waals surface area contributed by atoms with Crippen LogP contribution in [0.5, 0.6) is 0 Å². The molecule has 0 aliphatic carbocycles. The molecule has 6 nitrogen and oxygen atoms in total. The summed E-state index contributed by atoms with van der Waals surface area (Å²) in [6, 6.07) is 2.80. The van der Waals surface area contributed by atoms with E-state index in [2.05, 4.69) is 9.97 Å². The van der Waals surface area contributed by atoms with Gasteiger partial charge in [-0.05, 0) is 18.2 Å². The Morgan fingerprint density at radius 1 is 1.19 bits per heavy atom. The highest BCUT2D eigenvalue weighted by Gasteiger charge is 2.31. The number of aromatic amines is 1. The Labute approximate surface area is 116 Å². The summed E-state index contributed by atoms with van der Waals surface area (Å²) in [4.78, 5) is 6.30. The third-order valence-electron chi connectivity index (χ3n) is 3.01. The maximum Gasteiger partial charge on any atom is 0.416 e. The monoisotopic (exact) mass is 306 g/mol. The first-order valence-electron chi connectivity index (χ1n) is 5.96. The SMILES string of the molecule is OC[C@@H](O)C(O)[C@H](O)c1nc2ccc(C(F)(F)F)cc2[nH]1. The number of alkyl halides is 3. The van der Waals surface area contributed by atoms with Gasteiger partial charge in [-0.15, -0.1) is 0 Å². The minimum atomic E-state index is -4.51. The zero-order chi connectivity index (χ0) is 15.8. The molecule has 21 heavy (non-hydrogen) atoms. The molecule has 5 N–H and O–H groups in total. The van der Waals surface area contributed by atoms with Crippen LogP contribution in [-0.4, -0.2) is 49.2 Å². The molecular weight excluding hydrogens is 293 g/mol. The van der Waals surface area contributed by atoms with Crippen LogP contribution in [0.1, 0.15) is 17.5 Å². The first kappa shape index (κ1) is 15.7. The third-order valence-corrected chi connectivity index (χ3v) is 3.01. The van der Waals surface area contributed by atoms with Crippen molar-refractivity contribution in [2.45, 2.75) is 24.5 Å². The Balaban J connectivity index is 2.35. The van der Waals surface area contributed by atoms with Crippen molar-refractivity contribution < 1.29 is 33.6 Å². The highest BCUT2D eigenvalue weighted by molar-refractivity contribution is 5.76. The normalized spacial score (nSPS) is 16.9. The van der Waals surface area contributed by atoms with Crippen LogP contribution in [0.4, 0.5) is 13.2 Å². The van der Waals surface area contributed by atoms with Crippen molar-refractivity contribution in [2.24, 2.45) is 0 Å². The number of aliphatic hydroxyl groups is 4. The van der Waals surface area contributed by atoms with Gasteiger partial charge in [0.15, 0.2) is 0 Å². The van der Waals surface area contributed by atoms with Gasteiger partial charge in [-0.25, -0.2) is 4.98 Å². The van der Waals surface area contributed by atoms with Gasteiger partial charge in [0.25, 0.3) is 0 Å². The van der Waals surface area contributed by atoms with E-state index in [1.54, 1.807) is 0 Å². The van der Waals surface area contributed by atoms with Gasteiger partial charge in [-0.3, -0.25) is 0 Å². The number of imidazole rings is 1. The molecule has 0 saturated carbocycles. The highest BCUT2D eigenvalue weighted by atomic mass is 19.4. The number of nitrogens with zero attached hydrogens (tertiary/aromatic N) is 1. The van der Waals surface area contributed by atoms with Gasteiger partial charge in [0.2, 0.25) is 0 Å². The molecule has 0 aliphatic heterocycles. The van der Waals surface area contributed by atoms with Gasteiger partial charge in [0, 0.05) is 0 Å². The van der Waals surface area contributed by atoms with Crippen molar-refractivity contribution in [1.29, 1.82) is 0 Å². The average molecular weight is 306 g/mol. The Kier molecular flexibility index (Phi) is 4.19. The number of halogens is 3. The molecule has 1 heterocycles. The fourth-order valence-electron chi connectivity index (χ4n) is 1.83. The lowest BCUT2D eigenvalue weighted by molar-refractivity contribution is -0.137. The van der Waals surface area contributed by atoms with E-state index in [1.807, 2.05) is 0 Å². The smallest absolute Gasteiger partial charge is 0.394 e. The van der Waals surface area contributed by atoms with Crippen molar-refractivity contribution in [2.75, 3.05) is 6.61 Å². The average Bonchev–Trinajstić information content (AvgIpc) is 2.86. The molecular formula is C12H13F3N2O4. The van der Waals surface area contributed by atoms with Gasteiger partial charge < -0.3 is 25.4 Å². The minimum absolute atomic E-state index is 0.0320. The molecule has 2 rings (SSSR count). The quantitative estimate of drug-likeness (QED) is 0.559. The molecule has 116 valence electrons. The van der Waals surface area contributed by atoms with E-state index in [0.29, 0.717) is 0 Å². The second-order valence-corrected chi connectivity index (χ2v) is 4.54. The van der Waals surface area contributed by atoms with E-state index in [0.717, 1.165) is 18.2 Å². The molecule has 0 bridgehead atoms. The lowest BCUT2D eigenvalue weighted by atomic mass is 10.1. The standard InChI is InChI=1S/C12H13F3N2O4/c13-12(14,15)5-1-2-6-7(3-5)17-11(16-6)10(21)9(20)8(19)4-18/h1-3,8-10,18-21H,4H2,(H,16,17)/t8-,9?,10+/m1/s1. The molecule has 0 aliphatic rings. The summed E-state index contributed by atoms with van der Waals surface area (Å²) < 4.78 is 37.7. The molecule has 0 amide bonds. The summed E-state index contributed by atoms with van der Waals surface area (Å²) in [6.45, 7) is -0.781. The van der Waals surface area contributed by atoms with Crippen molar-refractivity contribution >= 4 is 11.0 Å². The maximum atomic E-state index is 12.6. The fourth-order valence-corrected chi connectivity index (χ4v) is 1.83. The molecule has 3 atom stereocenters. The zero-order valence-corrected chi connectivity index (χ0v) is 10.5. The predicted molar refractivity (Wildman–Crippen MR) is 65.2 cm³/mol. The molecule has 9 heteroatoms. The number of hydrogen-bond acceptors (Lipinski definition) is 5. The van der Waals surface area contributed by atoms with Gasteiger partial charge in [-0.1, -0.05) is 0 Å². The number of H-pyrrole nitrogens is 1. The van der Waals surface area contributed by atoms with Crippen LogP contribution < -0.4 is 0 Å². The Morgan fingerprint density at radius 3 is 2.43 bits per heavy atom. The van der Waals surface area contributed by atoms with Gasteiger partial charge >= 0.3 is 6.18 Å². The summed E-state index contributed by atoms with van der Waals surface area (Å²) in [6.07, 6.45) is -9.50. The number of rotatable bonds is 4. The van der Waals surface area contributed by atoms with Gasteiger partial charge in [0.1, 0.15) is 24.1 Å². The topological polar surface area (TPSA) is 110 Å². The molecule has 1 aromatic carbocycles. The number of aromatic nitrogens is 2. The Bertz CT molecular complexity index is 628. The van der Waals surface area contributed by atoms with Crippen molar-refractivity contribution in [1.82, 2.24) is 9.97 Å². The summed E-state index contributed by atoms with van der Waals surface area (Å²) in [5.74, 6) is -0.204. The Morgan fingerprint density at radius 2 is 1.86 bits per heavy atom. The van der Waals surface area contributed by atoms with E-state index in [4.69, 9.17) is 5.11 Å². The lowest BCUT2D eigenvalue weighted by Crippen LogP contribution is -2.35. The summed E-state index contributed by atoms with van der Waals surface area (Å²) in [5.41, 5.74) is -0.678. The minimum Gasteiger partial charge on any atom is -0.394 e. The second-order valence-electron chi connectivity index (χ2n) is 4.54. The largest absolute Gasteiger partial charge is 0.416 e. The van der Waals surface area contributed by atoms with E-state index in [1.165, 1.54) is 0 Å². The fraction of sp³-hybridized carbons (Fsp3) is 0.417. The molecule has 1 aromatic heterocycles. The molecule has 1 unspecified atom stereocenters. The van der Waals surface area contributed by atoms with E-state index < -0.39 is 36.7 Å². The predicted octanol–water partition coefficient (Wildman–Crippen LogP) is 0.329. The molecule has 0 radical (unpaired) electrons. The summed E-state index contributed by atoms with van der Waals surface area (Å²) in [5, 5.41) is 37.3. The number of fused-ring (bicyclic) bond motifs is 1. The van der Waals surface area contributed by atoms with Crippen molar-refractivity contribution in [3.05, 3.63) is 29.6 Å². The van der Waals surface area contributed by atoms with Crippen LogP contribution in [0.25, 0.3) is 11.0 Å². The van der Waals surface area contributed by atoms with Crippen LogP contribution in [0.15, 0.2) is 18.2 Å². The molecule has 0 saturated heterocycles. The van der Waals surface area contributed by atoms with Crippen LogP contribution in [0.2, 0.25) is 0 Å². The van der Waals surface area contributed by atoms with Crippen molar-refractivity contribution in [3.8, 4) is 0 Å². The number of nitrogens with one attached hydrogen (secondary N) is 1. The number of benzene rings is 1. The third kappa shape index (κ3) is 3.16. The van der Waals surface area contributed by atoms with Gasteiger partial charge in [-0.2, -0.15) is 13.2 Å². The summed E-state index contributed by atoms with van der Waals surface area (Å²) in [7, 11) is 0. The first-order valence-corrected chi connectivity index (χ1v) is 5.96. The summed E-state index contributed by atoms with van der Waals surface area (Å²) >= 11 is 0. The van der Waals surface area contributed by atoms with Crippen LogP contribution >= 0.6 is 0 Å². The van der Waals surface area contributed by atoms with Gasteiger partial charge in [0.05, 0.1) is 23.2 Å². The van der Waals surface area contributed by atoms with Crippen molar-refractivity contribution in [3.63, 3.8) is 0 Å². The second kappa shape index (κ2) is 5.60. The van der Waals surface area contributed by atoms with Crippen LogP contribution in [-0.2, 0) is 6.18 Å². The van der Waals surface area contributed by atoms with E-state index in [9.17, 15) is 28.5 Å². The molecule has 0 spiro atoms. The first-order chi connectivity index (χ1) is 9.74. The number of aliphatic hydroxyl groups excluding tert-OH is 4.